The molecule has 2 heterocycles. The van der Waals surface area contributed by atoms with Crippen molar-refractivity contribution in [3.05, 3.63) is 41.9 Å². The van der Waals surface area contributed by atoms with Gasteiger partial charge in [-0.25, -0.2) is 9.13 Å². The molecule has 3 rings (SSSR count). The van der Waals surface area contributed by atoms with Gasteiger partial charge in [-0.15, -0.1) is 0 Å². The largest absolute Gasteiger partial charge is 0.244 e. The summed E-state index contributed by atoms with van der Waals surface area (Å²) < 4.78 is 4.72. The van der Waals surface area contributed by atoms with Gasteiger partial charge in [-0.1, -0.05) is 38.1 Å². The topological polar surface area (TPSA) is 8.81 Å². The van der Waals surface area contributed by atoms with Crippen LogP contribution in [-0.4, -0.2) is 4.57 Å². The van der Waals surface area contributed by atoms with Gasteiger partial charge >= 0.3 is 0 Å². The zero-order valence-corrected chi connectivity index (χ0v) is 11.6. The lowest BCUT2D eigenvalue weighted by atomic mass is 9.83. The van der Waals surface area contributed by atoms with Crippen LogP contribution in [0.15, 0.2) is 30.6 Å². The minimum absolute atomic E-state index is 0.579. The number of aryl methyl sites for hydroxylation is 1. The van der Waals surface area contributed by atoms with Gasteiger partial charge in [-0.2, -0.15) is 0 Å². The van der Waals surface area contributed by atoms with Crippen molar-refractivity contribution in [3.63, 3.8) is 0 Å². The molecule has 2 heteroatoms. The third-order valence-corrected chi connectivity index (χ3v) is 4.49. The maximum Gasteiger partial charge on any atom is 0.244 e. The Morgan fingerprint density at radius 1 is 1.28 bits per heavy atom. The highest BCUT2D eigenvalue weighted by molar-refractivity contribution is 5.65. The van der Waals surface area contributed by atoms with Crippen LogP contribution in [0.25, 0.3) is 11.3 Å². The number of hydrogen-bond acceptors (Lipinski definition) is 0. The quantitative estimate of drug-likeness (QED) is 0.677. The van der Waals surface area contributed by atoms with Crippen LogP contribution in [0.1, 0.15) is 43.5 Å². The lowest BCUT2D eigenvalue weighted by Crippen LogP contribution is -2.45. The van der Waals surface area contributed by atoms with Gasteiger partial charge in [-0.3, -0.25) is 0 Å². The maximum atomic E-state index is 2.47. The first-order valence-corrected chi connectivity index (χ1v) is 6.81. The number of rotatable bonds is 1. The van der Waals surface area contributed by atoms with E-state index in [4.69, 9.17) is 0 Å². The molecule has 0 fully saturated rings. The van der Waals surface area contributed by atoms with Crippen molar-refractivity contribution >= 4 is 0 Å². The predicted molar refractivity (Wildman–Crippen MR) is 73.5 cm³/mol. The van der Waals surface area contributed by atoms with E-state index in [2.05, 4.69) is 67.5 Å². The van der Waals surface area contributed by atoms with Gasteiger partial charge < -0.3 is 0 Å². The van der Waals surface area contributed by atoms with Crippen molar-refractivity contribution in [1.82, 2.24) is 4.57 Å². The molecule has 0 bridgehead atoms. The summed E-state index contributed by atoms with van der Waals surface area (Å²) in [6, 6.07) is 9.44. The van der Waals surface area contributed by atoms with Crippen LogP contribution >= 0.6 is 0 Å². The second-order valence-corrected chi connectivity index (χ2v) is 5.42. The van der Waals surface area contributed by atoms with E-state index in [9.17, 15) is 0 Å². The highest BCUT2D eigenvalue weighted by Gasteiger charge is 2.36. The van der Waals surface area contributed by atoms with E-state index < -0.39 is 0 Å². The monoisotopic (exact) mass is 241 g/mol. The summed E-state index contributed by atoms with van der Waals surface area (Å²) in [6.45, 7) is 6.85. The molecule has 2 aromatic rings. The van der Waals surface area contributed by atoms with Crippen molar-refractivity contribution in [3.8, 4) is 11.3 Å². The minimum Gasteiger partial charge on any atom is -0.236 e. The molecule has 0 radical (unpaired) electrons. The molecule has 1 aliphatic rings. The van der Waals surface area contributed by atoms with Crippen LogP contribution in [-0.2, 0) is 7.05 Å². The van der Waals surface area contributed by atoms with E-state index in [0.29, 0.717) is 12.0 Å². The van der Waals surface area contributed by atoms with Crippen LogP contribution in [0.4, 0.5) is 0 Å². The Morgan fingerprint density at radius 2 is 2.00 bits per heavy atom. The summed E-state index contributed by atoms with van der Waals surface area (Å²) in [6.07, 6.45) is 3.43. The Labute approximate surface area is 109 Å². The molecule has 18 heavy (non-hydrogen) atoms. The molecule has 0 spiro atoms. The molecule has 0 aliphatic carbocycles. The van der Waals surface area contributed by atoms with Crippen LogP contribution in [0.3, 0.4) is 0 Å². The summed E-state index contributed by atoms with van der Waals surface area (Å²) >= 11 is 0. The first-order valence-electron chi connectivity index (χ1n) is 6.81. The Bertz CT molecular complexity index is 595. The van der Waals surface area contributed by atoms with E-state index in [1.807, 2.05) is 0 Å². The number of hydrogen-bond donors (Lipinski definition) is 0. The third-order valence-electron chi connectivity index (χ3n) is 4.49. The van der Waals surface area contributed by atoms with Crippen molar-refractivity contribution < 1.29 is 4.57 Å². The number of fused-ring (bicyclic) bond motifs is 3. The van der Waals surface area contributed by atoms with Crippen molar-refractivity contribution in [2.45, 2.75) is 39.2 Å². The van der Waals surface area contributed by atoms with Gasteiger partial charge in [0, 0.05) is 18.4 Å². The predicted octanol–water partition coefficient (Wildman–Crippen LogP) is 3.36. The molecule has 1 aromatic carbocycles. The SMILES string of the molecule is CC[C@@H]1C(C)c2ccccc2-c2c(C)n(C)c[n+]21. The van der Waals surface area contributed by atoms with Crippen LogP contribution in [0.5, 0.6) is 0 Å². The summed E-state index contributed by atoms with van der Waals surface area (Å²) in [5.41, 5.74) is 5.66. The van der Waals surface area contributed by atoms with E-state index in [-0.39, 0.29) is 0 Å². The number of nitrogens with zero attached hydrogens (tertiary/aromatic N) is 2. The highest BCUT2D eigenvalue weighted by atomic mass is 15.2. The molecular formula is C16H21N2+. The fraction of sp³-hybridized carbons (Fsp3) is 0.438. The molecule has 0 saturated heterocycles. The van der Waals surface area contributed by atoms with E-state index in [1.165, 1.54) is 28.9 Å². The van der Waals surface area contributed by atoms with Gasteiger partial charge in [0.15, 0.2) is 5.69 Å². The summed E-state index contributed by atoms with van der Waals surface area (Å²) in [5.74, 6) is 0.588. The normalized spacial score (nSPS) is 21.6. The van der Waals surface area contributed by atoms with E-state index in [0.717, 1.165) is 0 Å². The minimum atomic E-state index is 0.579. The second-order valence-electron chi connectivity index (χ2n) is 5.42. The molecule has 2 nitrogen and oxygen atoms in total. The third kappa shape index (κ3) is 1.38. The molecule has 0 amide bonds. The Kier molecular flexibility index (Phi) is 2.54. The molecule has 0 saturated carbocycles. The Hall–Kier alpha value is -1.57. The number of aromatic nitrogens is 2. The molecular weight excluding hydrogens is 220 g/mol. The smallest absolute Gasteiger partial charge is 0.236 e. The average molecular weight is 241 g/mol. The molecule has 94 valence electrons. The van der Waals surface area contributed by atoms with Gasteiger partial charge in [0.1, 0.15) is 11.7 Å². The standard InChI is InChI=1S/C16H21N2/c1-5-15-11(2)13-8-6-7-9-14(13)16-12(3)17(4)10-18(15)16/h6-11,15H,5H2,1-4H3/q+1/t11?,15-/m1/s1. The number of imidazole rings is 1. The summed E-state index contributed by atoms with van der Waals surface area (Å²) in [5, 5.41) is 0. The first kappa shape index (κ1) is 11.5. The maximum absolute atomic E-state index is 2.47. The fourth-order valence-electron chi connectivity index (χ4n) is 3.38. The van der Waals surface area contributed by atoms with Gasteiger partial charge in [0.25, 0.3) is 0 Å². The fourth-order valence-corrected chi connectivity index (χ4v) is 3.38. The Morgan fingerprint density at radius 3 is 2.72 bits per heavy atom. The number of benzene rings is 1. The second kappa shape index (κ2) is 3.98. The average Bonchev–Trinajstić information content (AvgIpc) is 2.67. The lowest BCUT2D eigenvalue weighted by molar-refractivity contribution is -0.717. The first-order chi connectivity index (χ1) is 8.65. The van der Waals surface area contributed by atoms with E-state index in [1.54, 1.807) is 0 Å². The summed E-state index contributed by atoms with van der Waals surface area (Å²) in [4.78, 5) is 0. The lowest BCUT2D eigenvalue weighted by Gasteiger charge is -2.28. The van der Waals surface area contributed by atoms with Crippen molar-refractivity contribution in [2.75, 3.05) is 0 Å². The van der Waals surface area contributed by atoms with Crippen LogP contribution < -0.4 is 4.57 Å². The van der Waals surface area contributed by atoms with Crippen LogP contribution in [0.2, 0.25) is 0 Å². The Balaban J connectivity index is 2.34. The summed E-state index contributed by atoms with van der Waals surface area (Å²) in [7, 11) is 2.14. The van der Waals surface area contributed by atoms with Crippen molar-refractivity contribution in [1.29, 1.82) is 0 Å². The van der Waals surface area contributed by atoms with Gasteiger partial charge in [-0.05, 0) is 12.0 Å². The van der Waals surface area contributed by atoms with Gasteiger partial charge in [0.05, 0.1) is 7.05 Å². The zero-order valence-electron chi connectivity index (χ0n) is 11.6. The molecule has 1 unspecified atom stereocenters. The van der Waals surface area contributed by atoms with Crippen molar-refractivity contribution in [2.24, 2.45) is 7.05 Å². The van der Waals surface area contributed by atoms with E-state index >= 15 is 0 Å². The van der Waals surface area contributed by atoms with Crippen LogP contribution in [0, 0.1) is 6.92 Å². The van der Waals surface area contributed by atoms with Gasteiger partial charge in [0.2, 0.25) is 6.33 Å². The highest BCUT2D eigenvalue weighted by Crippen LogP contribution is 2.39. The molecule has 1 aliphatic heterocycles. The molecule has 0 N–H and O–H groups in total. The molecule has 2 atom stereocenters. The zero-order chi connectivity index (χ0) is 12.9. The molecule has 1 aromatic heterocycles.